The highest BCUT2D eigenvalue weighted by Gasteiger charge is 2.35. The Morgan fingerprint density at radius 2 is 2.00 bits per heavy atom. The molecule has 0 fully saturated rings. The molecule has 2 heterocycles. The standard InChI is InChI=1S/C19H19BrN2O5S/c1-11-5-14-7-15(20)8-18(19(14)22(11)12(2)23)28(24,25)21-9-13-3-4-16-17(6-13)27-10-26-16/h3-4,6-8,11,21H,5,9-10H2,1-2H3/t11-/m1/s1. The molecule has 0 aliphatic carbocycles. The Kier molecular flexibility index (Phi) is 4.84. The van der Waals surface area contributed by atoms with E-state index in [0.29, 0.717) is 28.1 Å². The fourth-order valence-corrected chi connectivity index (χ4v) is 5.60. The van der Waals surface area contributed by atoms with Crippen molar-refractivity contribution in [2.24, 2.45) is 0 Å². The molecule has 7 nitrogen and oxygen atoms in total. The first-order valence-electron chi connectivity index (χ1n) is 8.76. The van der Waals surface area contributed by atoms with Crippen molar-refractivity contribution in [1.29, 1.82) is 0 Å². The predicted octanol–water partition coefficient (Wildman–Crippen LogP) is 2.95. The highest BCUT2D eigenvalue weighted by Crippen LogP contribution is 2.40. The maximum Gasteiger partial charge on any atom is 0.242 e. The van der Waals surface area contributed by atoms with Crippen LogP contribution in [0, 0.1) is 0 Å². The number of hydrogen-bond acceptors (Lipinski definition) is 5. The zero-order valence-corrected chi connectivity index (χ0v) is 17.8. The van der Waals surface area contributed by atoms with Gasteiger partial charge in [0, 0.05) is 24.0 Å². The smallest absolute Gasteiger partial charge is 0.242 e. The summed E-state index contributed by atoms with van der Waals surface area (Å²) < 4.78 is 40.1. The minimum Gasteiger partial charge on any atom is -0.454 e. The van der Waals surface area contributed by atoms with Crippen molar-refractivity contribution in [3.05, 3.63) is 45.9 Å². The zero-order valence-electron chi connectivity index (χ0n) is 15.4. The number of carbonyl (C=O) groups is 1. The molecule has 0 aromatic heterocycles. The number of amides is 1. The monoisotopic (exact) mass is 466 g/mol. The molecule has 0 unspecified atom stereocenters. The molecular weight excluding hydrogens is 448 g/mol. The number of hydrogen-bond donors (Lipinski definition) is 1. The van der Waals surface area contributed by atoms with E-state index in [9.17, 15) is 13.2 Å². The van der Waals surface area contributed by atoms with E-state index in [-0.39, 0.29) is 30.2 Å². The SMILES string of the molecule is CC(=O)N1c2c(cc(Br)cc2S(=O)(=O)NCc2ccc3c(c2)OCO3)C[C@H]1C. The molecule has 2 aliphatic rings. The third-order valence-corrected chi connectivity index (χ3v) is 6.72. The van der Waals surface area contributed by atoms with Crippen molar-refractivity contribution in [2.45, 2.75) is 37.8 Å². The molecule has 1 N–H and O–H groups in total. The van der Waals surface area contributed by atoms with Gasteiger partial charge >= 0.3 is 0 Å². The van der Waals surface area contributed by atoms with Crippen LogP contribution in [0.2, 0.25) is 0 Å². The predicted molar refractivity (Wildman–Crippen MR) is 107 cm³/mol. The molecule has 0 saturated heterocycles. The third-order valence-electron chi connectivity index (χ3n) is 4.85. The van der Waals surface area contributed by atoms with E-state index in [4.69, 9.17) is 9.47 Å². The molecule has 2 aliphatic heterocycles. The minimum absolute atomic E-state index is 0.0930. The van der Waals surface area contributed by atoms with Gasteiger partial charge in [0.1, 0.15) is 4.90 Å². The van der Waals surface area contributed by atoms with Crippen LogP contribution in [-0.4, -0.2) is 27.2 Å². The van der Waals surface area contributed by atoms with Crippen LogP contribution in [0.15, 0.2) is 39.7 Å². The number of halogens is 1. The van der Waals surface area contributed by atoms with Crippen molar-refractivity contribution in [3.63, 3.8) is 0 Å². The van der Waals surface area contributed by atoms with E-state index in [0.717, 1.165) is 11.1 Å². The van der Waals surface area contributed by atoms with Crippen molar-refractivity contribution in [1.82, 2.24) is 4.72 Å². The number of ether oxygens (including phenoxy) is 2. The summed E-state index contributed by atoms with van der Waals surface area (Å²) in [5.74, 6) is 1.06. The Bertz CT molecular complexity index is 1070. The molecule has 2 aromatic rings. The average molecular weight is 467 g/mol. The summed E-state index contributed by atoms with van der Waals surface area (Å²) in [6.45, 7) is 3.61. The van der Waals surface area contributed by atoms with Gasteiger partial charge in [-0.15, -0.1) is 0 Å². The Balaban J connectivity index is 1.66. The average Bonchev–Trinajstić information content (AvgIpc) is 3.21. The normalized spacial score (nSPS) is 17.7. The Morgan fingerprint density at radius 1 is 1.25 bits per heavy atom. The first-order valence-corrected chi connectivity index (χ1v) is 11.0. The second-order valence-electron chi connectivity index (χ2n) is 6.87. The molecule has 0 radical (unpaired) electrons. The first kappa shape index (κ1) is 19.2. The van der Waals surface area contributed by atoms with Gasteiger partial charge in [-0.05, 0) is 48.7 Å². The molecule has 0 bridgehead atoms. The zero-order chi connectivity index (χ0) is 20.1. The highest BCUT2D eigenvalue weighted by molar-refractivity contribution is 9.10. The van der Waals surface area contributed by atoms with E-state index >= 15 is 0 Å². The van der Waals surface area contributed by atoms with Crippen LogP contribution in [-0.2, 0) is 27.8 Å². The molecule has 28 heavy (non-hydrogen) atoms. The molecule has 1 atom stereocenters. The fourth-order valence-electron chi connectivity index (χ4n) is 3.67. The van der Waals surface area contributed by atoms with Gasteiger partial charge in [0.2, 0.25) is 22.7 Å². The van der Waals surface area contributed by atoms with Gasteiger partial charge in [0.05, 0.1) is 5.69 Å². The summed E-state index contributed by atoms with van der Waals surface area (Å²) >= 11 is 3.39. The molecular formula is C19H19BrN2O5S. The van der Waals surface area contributed by atoms with E-state index in [1.54, 1.807) is 23.1 Å². The van der Waals surface area contributed by atoms with Gasteiger partial charge in [0.25, 0.3) is 0 Å². The van der Waals surface area contributed by atoms with Crippen molar-refractivity contribution in [2.75, 3.05) is 11.7 Å². The Labute approximate surface area is 171 Å². The third kappa shape index (κ3) is 3.38. The van der Waals surface area contributed by atoms with E-state index in [1.807, 2.05) is 13.0 Å². The van der Waals surface area contributed by atoms with Crippen molar-refractivity contribution in [3.8, 4) is 11.5 Å². The summed E-state index contributed by atoms with van der Waals surface area (Å²) in [6.07, 6.45) is 0.610. The van der Waals surface area contributed by atoms with Crippen LogP contribution in [0.5, 0.6) is 11.5 Å². The van der Waals surface area contributed by atoms with Gasteiger partial charge in [-0.1, -0.05) is 22.0 Å². The van der Waals surface area contributed by atoms with Gasteiger partial charge in [-0.2, -0.15) is 0 Å². The number of benzene rings is 2. The van der Waals surface area contributed by atoms with Crippen LogP contribution >= 0.6 is 15.9 Å². The van der Waals surface area contributed by atoms with Crippen molar-refractivity contribution < 1.29 is 22.7 Å². The van der Waals surface area contributed by atoms with Crippen molar-refractivity contribution >= 4 is 37.5 Å². The summed E-state index contributed by atoms with van der Waals surface area (Å²) in [4.78, 5) is 13.8. The molecule has 0 spiro atoms. The summed E-state index contributed by atoms with van der Waals surface area (Å²) in [7, 11) is -3.86. The molecule has 2 aromatic carbocycles. The number of nitrogens with zero attached hydrogens (tertiary/aromatic N) is 1. The number of rotatable bonds is 4. The Hall–Kier alpha value is -2.10. The largest absolute Gasteiger partial charge is 0.454 e. The summed E-state index contributed by atoms with van der Waals surface area (Å²) in [5, 5.41) is 0. The van der Waals surface area contributed by atoms with Crippen LogP contribution < -0.4 is 19.1 Å². The molecule has 148 valence electrons. The number of sulfonamides is 1. The van der Waals surface area contributed by atoms with Crippen LogP contribution in [0.1, 0.15) is 25.0 Å². The first-order chi connectivity index (χ1) is 13.3. The maximum absolute atomic E-state index is 13.1. The molecule has 1 amide bonds. The van der Waals surface area contributed by atoms with Crippen LogP contribution in [0.25, 0.3) is 0 Å². The molecule has 0 saturated carbocycles. The summed E-state index contributed by atoms with van der Waals surface area (Å²) in [5.41, 5.74) is 2.04. The molecule has 9 heteroatoms. The highest BCUT2D eigenvalue weighted by atomic mass is 79.9. The number of nitrogens with one attached hydrogen (secondary N) is 1. The number of carbonyl (C=O) groups excluding carboxylic acids is 1. The molecule has 4 rings (SSSR count). The second kappa shape index (κ2) is 7.06. The van der Waals surface area contributed by atoms with Gasteiger partial charge in [-0.3, -0.25) is 4.79 Å². The number of fused-ring (bicyclic) bond motifs is 2. The fraction of sp³-hybridized carbons (Fsp3) is 0.316. The quantitative estimate of drug-likeness (QED) is 0.748. The maximum atomic E-state index is 13.1. The lowest BCUT2D eigenvalue weighted by atomic mass is 10.1. The lowest BCUT2D eigenvalue weighted by molar-refractivity contribution is -0.116. The number of anilines is 1. The topological polar surface area (TPSA) is 84.9 Å². The van der Waals surface area contributed by atoms with Gasteiger partial charge < -0.3 is 14.4 Å². The summed E-state index contributed by atoms with van der Waals surface area (Å²) in [6, 6.07) is 8.60. The van der Waals surface area contributed by atoms with E-state index in [1.165, 1.54) is 13.0 Å². The van der Waals surface area contributed by atoms with Gasteiger partial charge in [0.15, 0.2) is 11.5 Å². The van der Waals surface area contributed by atoms with E-state index in [2.05, 4.69) is 20.7 Å². The lowest BCUT2D eigenvalue weighted by Gasteiger charge is -2.23. The van der Waals surface area contributed by atoms with E-state index < -0.39 is 10.0 Å². The Morgan fingerprint density at radius 3 is 2.75 bits per heavy atom. The van der Waals surface area contributed by atoms with Crippen LogP contribution in [0.3, 0.4) is 0 Å². The van der Waals surface area contributed by atoms with Crippen LogP contribution in [0.4, 0.5) is 5.69 Å². The lowest BCUT2D eigenvalue weighted by Crippen LogP contribution is -2.35. The van der Waals surface area contributed by atoms with Gasteiger partial charge in [-0.25, -0.2) is 13.1 Å². The minimum atomic E-state index is -3.86. The second-order valence-corrected chi connectivity index (χ2v) is 9.52.